The monoisotopic (exact) mass is 291 g/mol. The second-order valence-electron chi connectivity index (χ2n) is 5.20. The van der Waals surface area contributed by atoms with Crippen molar-refractivity contribution in [3.8, 4) is 5.75 Å². The van der Waals surface area contributed by atoms with Gasteiger partial charge in [-0.15, -0.1) is 0 Å². The molecule has 114 valence electrons. The summed E-state index contributed by atoms with van der Waals surface area (Å²) in [5.41, 5.74) is 0.407. The first-order chi connectivity index (χ1) is 10.1. The van der Waals surface area contributed by atoms with Crippen molar-refractivity contribution in [3.05, 3.63) is 29.8 Å². The minimum Gasteiger partial charge on any atom is -0.494 e. The molecule has 0 bridgehead atoms. The van der Waals surface area contributed by atoms with E-state index in [9.17, 15) is 9.59 Å². The van der Waals surface area contributed by atoms with Crippen LogP contribution in [0.5, 0.6) is 5.75 Å². The van der Waals surface area contributed by atoms with Crippen molar-refractivity contribution in [2.75, 3.05) is 6.61 Å². The smallest absolute Gasteiger partial charge is 0.338 e. The van der Waals surface area contributed by atoms with Crippen LogP contribution in [0.3, 0.4) is 0 Å². The molecule has 2 rings (SSSR count). The number of ether oxygens (including phenoxy) is 2. The molecule has 0 radical (unpaired) electrons. The van der Waals surface area contributed by atoms with E-state index in [0.717, 1.165) is 19.3 Å². The van der Waals surface area contributed by atoms with Gasteiger partial charge in [0, 0.05) is 6.04 Å². The summed E-state index contributed by atoms with van der Waals surface area (Å²) in [5.74, 6) is -0.0304. The van der Waals surface area contributed by atoms with E-state index in [1.54, 1.807) is 31.2 Å². The van der Waals surface area contributed by atoms with Crippen molar-refractivity contribution < 1.29 is 19.1 Å². The summed E-state index contributed by atoms with van der Waals surface area (Å²) in [6, 6.07) is 6.98. The summed E-state index contributed by atoms with van der Waals surface area (Å²) in [6.45, 7) is 4.25. The van der Waals surface area contributed by atoms with Crippen LogP contribution in [-0.4, -0.2) is 30.6 Å². The maximum Gasteiger partial charge on any atom is 0.338 e. The van der Waals surface area contributed by atoms with Gasteiger partial charge >= 0.3 is 5.97 Å². The molecule has 0 unspecified atom stereocenters. The molecule has 0 heterocycles. The molecule has 0 saturated heterocycles. The van der Waals surface area contributed by atoms with E-state index in [4.69, 9.17) is 9.47 Å². The normalized spacial score (nSPS) is 15.1. The van der Waals surface area contributed by atoms with Gasteiger partial charge in [-0.1, -0.05) is 6.92 Å². The molecule has 5 nitrogen and oxygen atoms in total. The van der Waals surface area contributed by atoms with Gasteiger partial charge in [0.15, 0.2) is 6.10 Å². The Morgan fingerprint density at radius 2 is 1.95 bits per heavy atom. The molecule has 1 amide bonds. The van der Waals surface area contributed by atoms with Gasteiger partial charge in [-0.25, -0.2) is 4.79 Å². The third-order valence-electron chi connectivity index (χ3n) is 3.14. The van der Waals surface area contributed by atoms with Crippen molar-refractivity contribution in [1.29, 1.82) is 0 Å². The standard InChI is InChI=1S/C16H21NO4/c1-3-10-20-14-8-4-12(5-9-14)16(19)21-11(2)15(18)17-13-6-7-13/h4-5,8-9,11,13H,3,6-7,10H2,1-2H3,(H,17,18)/t11-/m0/s1. The summed E-state index contributed by atoms with van der Waals surface area (Å²) in [6.07, 6.45) is 2.16. The number of nitrogens with one attached hydrogen (secondary N) is 1. The fraction of sp³-hybridized carbons (Fsp3) is 0.500. The molecular weight excluding hydrogens is 270 g/mol. The predicted molar refractivity (Wildman–Crippen MR) is 78.3 cm³/mol. The van der Waals surface area contributed by atoms with Gasteiger partial charge in [0.25, 0.3) is 5.91 Å². The SMILES string of the molecule is CCCOc1ccc(C(=O)O[C@@H](C)C(=O)NC2CC2)cc1. The number of carbonyl (C=O) groups excluding carboxylic acids is 2. The zero-order chi connectivity index (χ0) is 15.2. The first kappa shape index (κ1) is 15.4. The minimum absolute atomic E-state index is 0.242. The van der Waals surface area contributed by atoms with Crippen LogP contribution < -0.4 is 10.1 Å². The van der Waals surface area contributed by atoms with Gasteiger partial charge in [-0.05, 0) is 50.5 Å². The van der Waals surface area contributed by atoms with Crippen LogP contribution in [-0.2, 0) is 9.53 Å². The number of hydrogen-bond acceptors (Lipinski definition) is 4. The zero-order valence-corrected chi connectivity index (χ0v) is 12.4. The highest BCUT2D eigenvalue weighted by Crippen LogP contribution is 2.19. The number of esters is 1. The lowest BCUT2D eigenvalue weighted by Crippen LogP contribution is -2.37. The van der Waals surface area contributed by atoms with Crippen LogP contribution in [0.25, 0.3) is 0 Å². The summed E-state index contributed by atoms with van der Waals surface area (Å²) in [5, 5.41) is 2.81. The van der Waals surface area contributed by atoms with Crippen LogP contribution in [0.4, 0.5) is 0 Å². The third-order valence-corrected chi connectivity index (χ3v) is 3.14. The molecule has 0 aromatic heterocycles. The highest BCUT2D eigenvalue weighted by Gasteiger charge is 2.27. The molecule has 0 aliphatic heterocycles. The van der Waals surface area contributed by atoms with Crippen LogP contribution in [0.15, 0.2) is 24.3 Å². The molecule has 5 heteroatoms. The van der Waals surface area contributed by atoms with Crippen LogP contribution >= 0.6 is 0 Å². The van der Waals surface area contributed by atoms with Gasteiger partial charge in [-0.3, -0.25) is 4.79 Å². The maximum absolute atomic E-state index is 11.9. The van der Waals surface area contributed by atoms with Crippen LogP contribution in [0.1, 0.15) is 43.5 Å². The van der Waals surface area contributed by atoms with Gasteiger partial charge in [0.1, 0.15) is 5.75 Å². The predicted octanol–water partition coefficient (Wildman–Crippen LogP) is 2.30. The number of amides is 1. The molecule has 1 aliphatic rings. The average molecular weight is 291 g/mol. The second kappa shape index (κ2) is 7.11. The Morgan fingerprint density at radius 1 is 1.29 bits per heavy atom. The molecular formula is C16H21NO4. The zero-order valence-electron chi connectivity index (χ0n) is 12.4. The van der Waals surface area contributed by atoms with E-state index < -0.39 is 12.1 Å². The Labute approximate surface area is 124 Å². The van der Waals surface area contributed by atoms with Crippen LogP contribution in [0, 0.1) is 0 Å². The molecule has 0 spiro atoms. The first-order valence-electron chi connectivity index (χ1n) is 7.34. The fourth-order valence-electron chi connectivity index (χ4n) is 1.74. The number of rotatable bonds is 7. The molecule has 1 saturated carbocycles. The third kappa shape index (κ3) is 4.77. The number of hydrogen-bond donors (Lipinski definition) is 1. The van der Waals surface area contributed by atoms with Gasteiger partial charge in [-0.2, -0.15) is 0 Å². The van der Waals surface area contributed by atoms with Crippen molar-refractivity contribution >= 4 is 11.9 Å². The molecule has 1 aliphatic carbocycles. The first-order valence-corrected chi connectivity index (χ1v) is 7.34. The Kier molecular flexibility index (Phi) is 5.20. The lowest BCUT2D eigenvalue weighted by Gasteiger charge is -2.13. The largest absolute Gasteiger partial charge is 0.494 e. The second-order valence-corrected chi connectivity index (χ2v) is 5.20. The summed E-state index contributed by atoms with van der Waals surface area (Å²) < 4.78 is 10.6. The Morgan fingerprint density at radius 3 is 2.52 bits per heavy atom. The Hall–Kier alpha value is -2.04. The van der Waals surface area contributed by atoms with E-state index >= 15 is 0 Å². The Bertz CT molecular complexity index is 494. The van der Waals surface area contributed by atoms with Crippen molar-refractivity contribution in [2.45, 2.75) is 45.3 Å². The van der Waals surface area contributed by atoms with Gasteiger partial charge in [0.05, 0.1) is 12.2 Å². The van der Waals surface area contributed by atoms with Crippen molar-refractivity contribution in [2.24, 2.45) is 0 Å². The number of carbonyl (C=O) groups is 2. The number of benzene rings is 1. The molecule has 1 aromatic rings. The molecule has 21 heavy (non-hydrogen) atoms. The van der Waals surface area contributed by atoms with E-state index in [1.165, 1.54) is 0 Å². The summed E-state index contributed by atoms with van der Waals surface area (Å²) in [7, 11) is 0. The minimum atomic E-state index is -0.783. The lowest BCUT2D eigenvalue weighted by molar-refractivity contribution is -0.129. The van der Waals surface area contributed by atoms with Gasteiger partial charge < -0.3 is 14.8 Å². The molecule has 1 N–H and O–H groups in total. The lowest BCUT2D eigenvalue weighted by atomic mass is 10.2. The highest BCUT2D eigenvalue weighted by atomic mass is 16.5. The fourth-order valence-corrected chi connectivity index (χ4v) is 1.74. The topological polar surface area (TPSA) is 64.6 Å². The quantitative estimate of drug-likeness (QED) is 0.783. The highest BCUT2D eigenvalue weighted by molar-refractivity contribution is 5.92. The van der Waals surface area contributed by atoms with Crippen LogP contribution in [0.2, 0.25) is 0 Å². The Balaban J connectivity index is 1.85. The van der Waals surface area contributed by atoms with E-state index in [0.29, 0.717) is 17.9 Å². The van der Waals surface area contributed by atoms with E-state index in [-0.39, 0.29) is 11.9 Å². The molecule has 1 atom stereocenters. The van der Waals surface area contributed by atoms with Crippen molar-refractivity contribution in [3.63, 3.8) is 0 Å². The summed E-state index contributed by atoms with van der Waals surface area (Å²) in [4.78, 5) is 23.7. The average Bonchev–Trinajstić information content (AvgIpc) is 3.29. The van der Waals surface area contributed by atoms with E-state index in [1.807, 2.05) is 6.92 Å². The van der Waals surface area contributed by atoms with Crippen molar-refractivity contribution in [1.82, 2.24) is 5.32 Å². The van der Waals surface area contributed by atoms with Gasteiger partial charge in [0.2, 0.25) is 0 Å². The summed E-state index contributed by atoms with van der Waals surface area (Å²) >= 11 is 0. The maximum atomic E-state index is 11.9. The van der Waals surface area contributed by atoms with E-state index in [2.05, 4.69) is 5.32 Å². The molecule has 1 fully saturated rings. The molecule has 1 aromatic carbocycles.